The van der Waals surface area contributed by atoms with E-state index < -0.39 is 32.3 Å². The smallest absolute Gasteiger partial charge is 0.407 e. The fraction of sp³-hybridized carbons (Fsp3) is 0.588. The monoisotopic (exact) mass is 479 g/mol. The number of alkyl halides is 1. The number of carbonyl (C=O) groups excluding carboxylic acids is 1. The molecule has 1 rings (SSSR count). The van der Waals surface area contributed by atoms with Gasteiger partial charge in [-0.25, -0.2) is 13.2 Å². The van der Waals surface area contributed by atoms with Crippen molar-refractivity contribution in [3.05, 3.63) is 34.4 Å². The largest absolute Gasteiger partial charge is 0.444 e. The zero-order valence-electron chi connectivity index (χ0n) is 16.2. The molecule has 0 aromatic heterocycles. The predicted molar refractivity (Wildman–Crippen MR) is 109 cm³/mol. The number of para-hydroxylation sites is 1. The van der Waals surface area contributed by atoms with Crippen LogP contribution in [0.2, 0.25) is 0 Å². The van der Waals surface area contributed by atoms with Crippen LogP contribution in [0, 0.1) is 10.1 Å². The maximum Gasteiger partial charge on any atom is 0.407 e. The van der Waals surface area contributed by atoms with Crippen molar-refractivity contribution >= 4 is 37.7 Å². The normalized spacial score (nSPS) is 12.0. The van der Waals surface area contributed by atoms with Crippen LogP contribution in [0.1, 0.15) is 33.6 Å². The molecule has 0 spiro atoms. The maximum absolute atomic E-state index is 13.0. The predicted octanol–water partition coefficient (Wildman–Crippen LogP) is 3.29. The summed E-state index contributed by atoms with van der Waals surface area (Å²) in [6, 6.07) is 5.27. The summed E-state index contributed by atoms with van der Waals surface area (Å²) in [5, 5.41) is 14.4. The minimum absolute atomic E-state index is 0.108. The van der Waals surface area contributed by atoms with E-state index in [4.69, 9.17) is 4.74 Å². The lowest BCUT2D eigenvalue weighted by atomic mass is 10.2. The van der Waals surface area contributed by atoms with Crippen molar-refractivity contribution in [2.45, 2.75) is 44.1 Å². The first-order chi connectivity index (χ1) is 13.0. The highest BCUT2D eigenvalue weighted by Gasteiger charge is 2.30. The molecule has 0 bridgehead atoms. The Bertz CT molecular complexity index is 779. The summed E-state index contributed by atoms with van der Waals surface area (Å²) >= 11 is 3.26. The first kappa shape index (κ1) is 24.3. The molecule has 0 aliphatic heterocycles. The Kier molecular flexibility index (Phi) is 9.31. The third-order valence-electron chi connectivity index (χ3n) is 3.47. The number of amides is 1. The summed E-state index contributed by atoms with van der Waals surface area (Å²) in [5.41, 5.74) is -1.08. The van der Waals surface area contributed by atoms with E-state index in [-0.39, 0.29) is 24.5 Å². The van der Waals surface area contributed by atoms with Gasteiger partial charge in [-0.2, -0.15) is 4.31 Å². The first-order valence-corrected chi connectivity index (χ1v) is 11.3. The molecule has 1 amide bonds. The zero-order chi connectivity index (χ0) is 21.4. The number of nitro groups is 1. The third kappa shape index (κ3) is 7.72. The van der Waals surface area contributed by atoms with Gasteiger partial charge in [0, 0.05) is 31.0 Å². The zero-order valence-corrected chi connectivity index (χ0v) is 18.6. The lowest BCUT2D eigenvalue weighted by molar-refractivity contribution is -0.387. The number of nitrogens with one attached hydrogen (secondary N) is 1. The fourth-order valence-electron chi connectivity index (χ4n) is 2.31. The van der Waals surface area contributed by atoms with Crippen LogP contribution in [0.4, 0.5) is 10.5 Å². The van der Waals surface area contributed by atoms with Gasteiger partial charge in [-0.3, -0.25) is 10.1 Å². The van der Waals surface area contributed by atoms with E-state index in [2.05, 4.69) is 21.2 Å². The van der Waals surface area contributed by atoms with Crippen molar-refractivity contribution in [1.82, 2.24) is 9.62 Å². The molecular formula is C17H26BrN3O6S. The summed E-state index contributed by atoms with van der Waals surface area (Å²) < 4.78 is 32.3. The Morgan fingerprint density at radius 3 is 2.43 bits per heavy atom. The molecule has 0 radical (unpaired) electrons. The molecule has 11 heteroatoms. The van der Waals surface area contributed by atoms with Crippen molar-refractivity contribution in [2.75, 3.05) is 25.0 Å². The fourth-order valence-corrected chi connectivity index (χ4v) is 4.24. The molecule has 1 aromatic rings. The lowest BCUT2D eigenvalue weighted by Gasteiger charge is -2.22. The SMILES string of the molecule is CC(C)(C)OC(=O)NCCCN(CCCBr)S(=O)(=O)c1ccccc1[N+](=O)[O-]. The van der Waals surface area contributed by atoms with Crippen LogP contribution in [0.25, 0.3) is 0 Å². The minimum Gasteiger partial charge on any atom is -0.444 e. The number of halogens is 1. The number of carbonyl (C=O) groups is 1. The van der Waals surface area contributed by atoms with E-state index in [1.165, 1.54) is 28.6 Å². The lowest BCUT2D eigenvalue weighted by Crippen LogP contribution is -2.37. The maximum atomic E-state index is 13.0. The van der Waals surface area contributed by atoms with E-state index >= 15 is 0 Å². The van der Waals surface area contributed by atoms with Crippen LogP contribution in [0.3, 0.4) is 0 Å². The van der Waals surface area contributed by atoms with Crippen LogP contribution in [0.5, 0.6) is 0 Å². The molecule has 0 aliphatic rings. The van der Waals surface area contributed by atoms with Gasteiger partial charge in [0.2, 0.25) is 10.0 Å². The Hall–Kier alpha value is -1.72. The Balaban J connectivity index is 2.85. The minimum atomic E-state index is -4.05. The summed E-state index contributed by atoms with van der Waals surface area (Å²) in [6.07, 6.45) is 0.293. The van der Waals surface area contributed by atoms with Crippen molar-refractivity contribution in [2.24, 2.45) is 0 Å². The Morgan fingerprint density at radius 1 is 1.25 bits per heavy atom. The summed E-state index contributed by atoms with van der Waals surface area (Å²) in [5.74, 6) is 0. The van der Waals surface area contributed by atoms with Gasteiger partial charge in [0.05, 0.1) is 4.92 Å². The second-order valence-electron chi connectivity index (χ2n) is 6.95. The summed E-state index contributed by atoms with van der Waals surface area (Å²) in [6.45, 7) is 5.76. The molecule has 0 unspecified atom stereocenters. The van der Waals surface area contributed by atoms with Crippen LogP contribution >= 0.6 is 15.9 Å². The van der Waals surface area contributed by atoms with E-state index in [9.17, 15) is 23.3 Å². The molecule has 28 heavy (non-hydrogen) atoms. The van der Waals surface area contributed by atoms with E-state index in [0.717, 1.165) is 0 Å². The number of alkyl carbamates (subject to hydrolysis) is 1. The Morgan fingerprint density at radius 2 is 1.86 bits per heavy atom. The van der Waals surface area contributed by atoms with Gasteiger partial charge in [0.1, 0.15) is 5.60 Å². The van der Waals surface area contributed by atoms with Crippen molar-refractivity contribution < 1.29 is 22.9 Å². The van der Waals surface area contributed by atoms with Crippen molar-refractivity contribution in [1.29, 1.82) is 0 Å². The van der Waals surface area contributed by atoms with Crippen LogP contribution < -0.4 is 5.32 Å². The molecule has 1 aromatic carbocycles. The second kappa shape index (κ2) is 10.7. The van der Waals surface area contributed by atoms with Crippen molar-refractivity contribution in [3.8, 4) is 0 Å². The van der Waals surface area contributed by atoms with Crippen LogP contribution in [-0.2, 0) is 14.8 Å². The molecule has 9 nitrogen and oxygen atoms in total. The van der Waals surface area contributed by atoms with E-state index in [1.54, 1.807) is 20.8 Å². The highest BCUT2D eigenvalue weighted by Crippen LogP contribution is 2.26. The third-order valence-corrected chi connectivity index (χ3v) is 5.98. The number of rotatable bonds is 10. The molecule has 0 saturated heterocycles. The number of nitrogens with zero attached hydrogens (tertiary/aromatic N) is 2. The van der Waals surface area contributed by atoms with Gasteiger partial charge < -0.3 is 10.1 Å². The summed E-state index contributed by atoms with van der Waals surface area (Å²) in [4.78, 5) is 21.8. The number of hydrogen-bond donors (Lipinski definition) is 1. The molecule has 158 valence electrons. The topological polar surface area (TPSA) is 119 Å². The first-order valence-electron chi connectivity index (χ1n) is 8.75. The van der Waals surface area contributed by atoms with Gasteiger partial charge >= 0.3 is 6.09 Å². The molecule has 0 saturated carbocycles. The van der Waals surface area contributed by atoms with Crippen LogP contribution in [0.15, 0.2) is 29.2 Å². The number of nitro benzene ring substituents is 1. The van der Waals surface area contributed by atoms with Crippen molar-refractivity contribution in [3.63, 3.8) is 0 Å². The second-order valence-corrected chi connectivity index (χ2v) is 9.65. The summed E-state index contributed by atoms with van der Waals surface area (Å²) in [7, 11) is -4.05. The van der Waals surface area contributed by atoms with Gasteiger partial charge in [0.15, 0.2) is 4.90 Å². The molecule has 0 aliphatic carbocycles. The Labute approximate surface area is 173 Å². The molecular weight excluding hydrogens is 454 g/mol. The molecule has 0 atom stereocenters. The molecule has 0 fully saturated rings. The van der Waals surface area contributed by atoms with Crippen LogP contribution in [-0.4, -0.2) is 54.3 Å². The quantitative estimate of drug-likeness (QED) is 0.238. The highest BCUT2D eigenvalue weighted by atomic mass is 79.9. The molecule has 0 heterocycles. The average molecular weight is 480 g/mol. The number of sulfonamides is 1. The average Bonchev–Trinajstić information content (AvgIpc) is 2.59. The molecule has 1 N–H and O–H groups in total. The van der Waals surface area contributed by atoms with E-state index in [1.807, 2.05) is 0 Å². The number of benzene rings is 1. The highest BCUT2D eigenvalue weighted by molar-refractivity contribution is 9.09. The standard InChI is InChI=1S/C17H26BrN3O6S/c1-17(2,3)27-16(22)19-11-7-13-20(12-6-10-18)28(25,26)15-9-5-4-8-14(15)21(23)24/h4-5,8-9H,6-7,10-13H2,1-3H3,(H,19,22). The van der Waals surface area contributed by atoms with Gasteiger partial charge in [-0.1, -0.05) is 28.1 Å². The van der Waals surface area contributed by atoms with E-state index in [0.29, 0.717) is 18.2 Å². The van der Waals surface area contributed by atoms with Gasteiger partial charge in [0.25, 0.3) is 5.69 Å². The number of ether oxygens (including phenoxy) is 1. The van der Waals surface area contributed by atoms with Gasteiger partial charge in [-0.15, -0.1) is 0 Å². The number of hydrogen-bond acceptors (Lipinski definition) is 6. The van der Waals surface area contributed by atoms with Gasteiger partial charge in [-0.05, 0) is 39.7 Å².